The van der Waals surface area contributed by atoms with Gasteiger partial charge in [0.05, 0.1) is 13.2 Å². The molecule has 0 radical (unpaired) electrons. The zero-order valence-corrected chi connectivity index (χ0v) is 15.0. The Kier molecular flexibility index (Phi) is 6.61. The highest BCUT2D eigenvalue weighted by molar-refractivity contribution is 9.10. The van der Waals surface area contributed by atoms with Crippen LogP contribution in [-0.2, 0) is 9.53 Å². The van der Waals surface area contributed by atoms with Crippen LogP contribution in [0.3, 0.4) is 0 Å². The van der Waals surface area contributed by atoms with E-state index in [0.717, 1.165) is 5.56 Å². The van der Waals surface area contributed by atoms with E-state index in [0.29, 0.717) is 56.3 Å². The Balaban J connectivity index is 1.78. The molecule has 1 fully saturated rings. The second-order valence-corrected chi connectivity index (χ2v) is 6.26. The standard InChI is InChI=1S/C15H22BrN3O4/c1-11-9-12(16)23-14(11)15(21)19-6-4-18(5-7-19)10-13(20)17-3-8-22-2/h9H,3-8,10H2,1-2H3,(H,17,20). The third kappa shape index (κ3) is 5.05. The van der Waals surface area contributed by atoms with Crippen LogP contribution in [0.2, 0.25) is 0 Å². The molecule has 1 aliphatic heterocycles. The lowest BCUT2D eigenvalue weighted by atomic mass is 10.2. The first-order valence-electron chi connectivity index (χ1n) is 7.54. The van der Waals surface area contributed by atoms with Gasteiger partial charge in [-0.15, -0.1) is 0 Å². The summed E-state index contributed by atoms with van der Waals surface area (Å²) in [4.78, 5) is 28.0. The van der Waals surface area contributed by atoms with Crippen LogP contribution >= 0.6 is 15.9 Å². The Labute approximate surface area is 144 Å². The zero-order valence-electron chi connectivity index (χ0n) is 13.4. The molecule has 2 amide bonds. The number of carbonyl (C=O) groups is 2. The Morgan fingerprint density at radius 2 is 2.04 bits per heavy atom. The van der Waals surface area contributed by atoms with Crippen LogP contribution < -0.4 is 5.32 Å². The first-order chi connectivity index (χ1) is 11.0. The highest BCUT2D eigenvalue weighted by atomic mass is 79.9. The maximum atomic E-state index is 12.4. The SMILES string of the molecule is COCCNC(=O)CN1CCN(C(=O)c2oc(Br)cc2C)CC1. The average molecular weight is 388 g/mol. The Morgan fingerprint density at radius 3 is 2.61 bits per heavy atom. The van der Waals surface area contributed by atoms with E-state index in [2.05, 4.69) is 21.2 Å². The van der Waals surface area contributed by atoms with E-state index in [4.69, 9.17) is 9.15 Å². The van der Waals surface area contributed by atoms with Gasteiger partial charge in [-0.2, -0.15) is 0 Å². The molecule has 128 valence electrons. The van der Waals surface area contributed by atoms with Crippen molar-refractivity contribution in [3.05, 3.63) is 22.1 Å². The lowest BCUT2D eigenvalue weighted by Gasteiger charge is -2.33. The molecular formula is C15H22BrN3O4. The molecule has 1 saturated heterocycles. The second kappa shape index (κ2) is 8.47. The predicted octanol–water partition coefficient (Wildman–Crippen LogP) is 0.871. The first kappa shape index (κ1) is 18.0. The molecule has 1 aliphatic rings. The quantitative estimate of drug-likeness (QED) is 0.733. The Morgan fingerprint density at radius 1 is 1.35 bits per heavy atom. The average Bonchev–Trinajstić information content (AvgIpc) is 2.86. The molecule has 0 aliphatic carbocycles. The second-order valence-electron chi connectivity index (χ2n) is 5.47. The van der Waals surface area contributed by atoms with Crippen LogP contribution in [0.5, 0.6) is 0 Å². The van der Waals surface area contributed by atoms with E-state index in [-0.39, 0.29) is 11.8 Å². The summed E-state index contributed by atoms with van der Waals surface area (Å²) in [6.45, 7) is 5.73. The van der Waals surface area contributed by atoms with E-state index < -0.39 is 0 Å². The largest absolute Gasteiger partial charge is 0.444 e. The number of halogens is 1. The molecule has 0 atom stereocenters. The van der Waals surface area contributed by atoms with Crippen molar-refractivity contribution >= 4 is 27.7 Å². The molecule has 1 aromatic heterocycles. The fraction of sp³-hybridized carbons (Fsp3) is 0.600. The maximum Gasteiger partial charge on any atom is 0.289 e. The van der Waals surface area contributed by atoms with E-state index in [1.54, 1.807) is 18.1 Å². The van der Waals surface area contributed by atoms with Gasteiger partial charge in [0.15, 0.2) is 10.4 Å². The number of hydrogen-bond acceptors (Lipinski definition) is 5. The molecule has 23 heavy (non-hydrogen) atoms. The number of methoxy groups -OCH3 is 1. The van der Waals surface area contributed by atoms with E-state index in [9.17, 15) is 9.59 Å². The van der Waals surface area contributed by atoms with E-state index >= 15 is 0 Å². The number of carbonyl (C=O) groups excluding carboxylic acids is 2. The number of piperazine rings is 1. The summed E-state index contributed by atoms with van der Waals surface area (Å²) in [6, 6.07) is 1.79. The monoisotopic (exact) mass is 387 g/mol. The number of aryl methyl sites for hydroxylation is 1. The fourth-order valence-corrected chi connectivity index (χ4v) is 2.96. The van der Waals surface area contributed by atoms with Crippen molar-refractivity contribution in [2.24, 2.45) is 0 Å². The van der Waals surface area contributed by atoms with Crippen molar-refractivity contribution < 1.29 is 18.7 Å². The Hall–Kier alpha value is -1.38. The first-order valence-corrected chi connectivity index (χ1v) is 8.33. The van der Waals surface area contributed by atoms with Crippen LogP contribution in [0, 0.1) is 6.92 Å². The summed E-state index contributed by atoms with van der Waals surface area (Å²) in [5.74, 6) is 0.257. The van der Waals surface area contributed by atoms with Crippen molar-refractivity contribution in [3.63, 3.8) is 0 Å². The summed E-state index contributed by atoms with van der Waals surface area (Å²) in [7, 11) is 1.60. The van der Waals surface area contributed by atoms with Gasteiger partial charge in [0.25, 0.3) is 5.91 Å². The van der Waals surface area contributed by atoms with Crippen molar-refractivity contribution in [2.45, 2.75) is 6.92 Å². The summed E-state index contributed by atoms with van der Waals surface area (Å²) in [5, 5.41) is 2.79. The van der Waals surface area contributed by atoms with Crippen molar-refractivity contribution in [1.29, 1.82) is 0 Å². The minimum atomic E-state index is -0.0996. The number of amides is 2. The molecule has 0 saturated carbocycles. The fourth-order valence-electron chi connectivity index (χ4n) is 2.46. The summed E-state index contributed by atoms with van der Waals surface area (Å²) >= 11 is 3.24. The van der Waals surface area contributed by atoms with Gasteiger partial charge in [0, 0.05) is 45.4 Å². The molecule has 8 heteroatoms. The third-order valence-corrected chi connectivity index (χ3v) is 4.13. The van der Waals surface area contributed by atoms with Crippen LogP contribution in [0.15, 0.2) is 15.2 Å². The van der Waals surface area contributed by atoms with Gasteiger partial charge in [-0.25, -0.2) is 0 Å². The summed E-state index contributed by atoms with van der Waals surface area (Å²) < 4.78 is 10.9. The number of hydrogen-bond donors (Lipinski definition) is 1. The molecule has 0 aromatic carbocycles. The predicted molar refractivity (Wildman–Crippen MR) is 88.4 cm³/mol. The topological polar surface area (TPSA) is 75.0 Å². The number of ether oxygens (including phenoxy) is 1. The third-order valence-electron chi connectivity index (χ3n) is 3.74. The van der Waals surface area contributed by atoms with Gasteiger partial charge in [-0.05, 0) is 28.9 Å². The molecule has 2 rings (SSSR count). The normalized spacial score (nSPS) is 15.7. The molecule has 1 aromatic rings. The van der Waals surface area contributed by atoms with Gasteiger partial charge in [0.2, 0.25) is 5.91 Å². The van der Waals surface area contributed by atoms with Crippen molar-refractivity contribution in [2.75, 3.05) is 53.0 Å². The number of rotatable bonds is 6. The highest BCUT2D eigenvalue weighted by Gasteiger charge is 2.26. The lowest BCUT2D eigenvalue weighted by Crippen LogP contribution is -2.51. The molecule has 2 heterocycles. The van der Waals surface area contributed by atoms with Gasteiger partial charge < -0.3 is 19.4 Å². The van der Waals surface area contributed by atoms with Crippen LogP contribution in [0.1, 0.15) is 16.1 Å². The smallest absolute Gasteiger partial charge is 0.289 e. The molecule has 7 nitrogen and oxygen atoms in total. The molecular weight excluding hydrogens is 366 g/mol. The van der Waals surface area contributed by atoms with Crippen LogP contribution in [0.25, 0.3) is 0 Å². The van der Waals surface area contributed by atoms with Crippen molar-refractivity contribution in [1.82, 2.24) is 15.1 Å². The van der Waals surface area contributed by atoms with Gasteiger partial charge in [-0.3, -0.25) is 14.5 Å². The molecule has 0 unspecified atom stereocenters. The highest BCUT2D eigenvalue weighted by Crippen LogP contribution is 2.21. The van der Waals surface area contributed by atoms with Crippen LogP contribution in [-0.4, -0.2) is 74.6 Å². The summed E-state index contributed by atoms with van der Waals surface area (Å²) in [5.41, 5.74) is 0.821. The molecule has 0 spiro atoms. The zero-order chi connectivity index (χ0) is 16.8. The lowest BCUT2D eigenvalue weighted by molar-refractivity contribution is -0.122. The molecule has 1 N–H and O–H groups in total. The molecule has 0 bridgehead atoms. The maximum absolute atomic E-state index is 12.4. The minimum absolute atomic E-state index is 0.0207. The van der Waals surface area contributed by atoms with Gasteiger partial charge in [0.1, 0.15) is 0 Å². The number of nitrogens with zero attached hydrogens (tertiary/aromatic N) is 2. The van der Waals surface area contributed by atoms with E-state index in [1.165, 1.54) is 0 Å². The van der Waals surface area contributed by atoms with Crippen molar-refractivity contribution in [3.8, 4) is 0 Å². The Bertz CT molecular complexity index is 553. The van der Waals surface area contributed by atoms with E-state index in [1.807, 2.05) is 11.8 Å². The van der Waals surface area contributed by atoms with Crippen LogP contribution in [0.4, 0.5) is 0 Å². The summed E-state index contributed by atoms with van der Waals surface area (Å²) in [6.07, 6.45) is 0. The number of furan rings is 1. The van der Waals surface area contributed by atoms with Gasteiger partial charge in [-0.1, -0.05) is 0 Å². The minimum Gasteiger partial charge on any atom is -0.444 e. The van der Waals surface area contributed by atoms with Gasteiger partial charge >= 0.3 is 0 Å². The number of nitrogens with one attached hydrogen (secondary N) is 1.